The van der Waals surface area contributed by atoms with Gasteiger partial charge >= 0.3 is 6.18 Å². The van der Waals surface area contributed by atoms with Crippen molar-refractivity contribution in [3.05, 3.63) is 29.3 Å². The number of ketones is 1. The first-order chi connectivity index (χ1) is 7.88. The molecule has 0 atom stereocenters. The second kappa shape index (κ2) is 5.78. The van der Waals surface area contributed by atoms with Crippen molar-refractivity contribution in [3.63, 3.8) is 0 Å². The first-order valence-electron chi connectivity index (χ1n) is 4.70. The average molecular weight is 283 g/mol. The normalized spacial score (nSPS) is 11.6. The summed E-state index contributed by atoms with van der Waals surface area (Å²) in [5.41, 5.74) is -0.370. The van der Waals surface area contributed by atoms with E-state index in [1.54, 1.807) is 6.26 Å². The first-order valence-corrected chi connectivity index (χ1v) is 6.46. The van der Waals surface area contributed by atoms with Gasteiger partial charge in [0, 0.05) is 11.3 Å². The lowest BCUT2D eigenvalue weighted by Crippen LogP contribution is -2.09. The van der Waals surface area contributed by atoms with Crippen molar-refractivity contribution in [1.29, 1.82) is 0 Å². The smallest absolute Gasteiger partial charge is 0.298 e. The zero-order chi connectivity index (χ0) is 13.1. The second-order valence-electron chi connectivity index (χ2n) is 3.38. The molecule has 0 bridgehead atoms. The van der Waals surface area contributed by atoms with Crippen LogP contribution in [0.3, 0.4) is 0 Å². The van der Waals surface area contributed by atoms with Crippen molar-refractivity contribution in [1.82, 2.24) is 0 Å². The average Bonchev–Trinajstić information content (AvgIpc) is 2.27. The van der Waals surface area contributed by atoms with Crippen LogP contribution in [0, 0.1) is 0 Å². The summed E-state index contributed by atoms with van der Waals surface area (Å²) in [5.74, 6) is -0.484. The molecule has 0 aliphatic heterocycles. The largest absolute Gasteiger partial charge is 0.417 e. The van der Waals surface area contributed by atoms with Crippen molar-refractivity contribution in [2.24, 2.45) is 0 Å². The SMILES string of the molecule is CSc1ccc(CC(=O)CCl)cc1C(F)(F)F. The molecule has 0 saturated carbocycles. The highest BCUT2D eigenvalue weighted by Crippen LogP contribution is 2.36. The van der Waals surface area contributed by atoms with Crippen molar-refractivity contribution < 1.29 is 18.0 Å². The molecule has 0 aromatic heterocycles. The molecule has 94 valence electrons. The van der Waals surface area contributed by atoms with Crippen molar-refractivity contribution in [2.75, 3.05) is 12.1 Å². The quantitative estimate of drug-likeness (QED) is 0.617. The van der Waals surface area contributed by atoms with E-state index in [-0.39, 0.29) is 23.0 Å². The number of thioether (sulfide) groups is 1. The number of hydrogen-bond acceptors (Lipinski definition) is 2. The van der Waals surface area contributed by atoms with Gasteiger partial charge in [-0.1, -0.05) is 6.07 Å². The van der Waals surface area contributed by atoms with Crippen LogP contribution < -0.4 is 0 Å². The molecular formula is C11H10ClF3OS. The number of alkyl halides is 4. The molecule has 0 saturated heterocycles. The molecule has 17 heavy (non-hydrogen) atoms. The molecule has 6 heteroatoms. The Balaban J connectivity index is 3.09. The van der Waals surface area contributed by atoms with Gasteiger partial charge in [-0.25, -0.2) is 0 Å². The monoisotopic (exact) mass is 282 g/mol. The summed E-state index contributed by atoms with van der Waals surface area (Å²) in [6, 6.07) is 3.91. The molecule has 1 aromatic rings. The highest BCUT2D eigenvalue weighted by atomic mass is 35.5. The molecular weight excluding hydrogens is 273 g/mol. The van der Waals surface area contributed by atoms with E-state index in [1.807, 2.05) is 0 Å². The summed E-state index contributed by atoms with van der Waals surface area (Å²) in [5, 5.41) is 0. The van der Waals surface area contributed by atoms with Gasteiger partial charge in [-0.05, 0) is 24.0 Å². The summed E-state index contributed by atoms with van der Waals surface area (Å²) in [4.78, 5) is 11.2. The van der Waals surface area contributed by atoms with E-state index in [9.17, 15) is 18.0 Å². The molecule has 0 amide bonds. The Morgan fingerprint density at radius 3 is 2.53 bits per heavy atom. The van der Waals surface area contributed by atoms with E-state index in [1.165, 1.54) is 12.1 Å². The summed E-state index contributed by atoms with van der Waals surface area (Å²) in [7, 11) is 0. The highest BCUT2D eigenvalue weighted by molar-refractivity contribution is 7.98. The molecule has 1 nitrogen and oxygen atoms in total. The first kappa shape index (κ1) is 14.4. The van der Waals surface area contributed by atoms with Crippen LogP contribution in [-0.2, 0) is 17.4 Å². The van der Waals surface area contributed by atoms with Gasteiger partial charge in [0.1, 0.15) is 0 Å². The van der Waals surface area contributed by atoms with E-state index < -0.39 is 11.7 Å². The molecule has 0 heterocycles. The number of Topliss-reactive ketones (excluding diaryl/α,β-unsaturated/α-hetero) is 1. The molecule has 0 fully saturated rings. The summed E-state index contributed by atoms with van der Waals surface area (Å²) in [6.07, 6.45) is -2.90. The fourth-order valence-corrected chi connectivity index (χ4v) is 2.05. The van der Waals surface area contributed by atoms with E-state index in [0.29, 0.717) is 5.56 Å². The highest BCUT2D eigenvalue weighted by Gasteiger charge is 2.33. The fourth-order valence-electron chi connectivity index (χ4n) is 1.36. The van der Waals surface area contributed by atoms with E-state index in [2.05, 4.69) is 0 Å². The lowest BCUT2D eigenvalue weighted by Gasteiger charge is -2.12. The minimum absolute atomic E-state index is 0.0682. The maximum Gasteiger partial charge on any atom is 0.417 e. The minimum atomic E-state index is -4.40. The van der Waals surface area contributed by atoms with E-state index >= 15 is 0 Å². The molecule has 1 aromatic carbocycles. The Morgan fingerprint density at radius 2 is 2.06 bits per heavy atom. The van der Waals surface area contributed by atoms with E-state index in [0.717, 1.165) is 17.8 Å². The summed E-state index contributed by atoms with van der Waals surface area (Å²) in [6.45, 7) is 0. The fraction of sp³-hybridized carbons (Fsp3) is 0.364. The number of carbonyl (C=O) groups excluding carboxylic acids is 1. The van der Waals surface area contributed by atoms with Crippen LogP contribution in [0.5, 0.6) is 0 Å². The lowest BCUT2D eigenvalue weighted by atomic mass is 10.1. The molecule has 0 unspecified atom stereocenters. The molecule has 0 aliphatic rings. The molecule has 0 spiro atoms. The van der Waals surface area contributed by atoms with Crippen LogP contribution in [0.25, 0.3) is 0 Å². The number of halogens is 4. The number of carbonyl (C=O) groups is 1. The van der Waals surface area contributed by atoms with Gasteiger partial charge in [0.05, 0.1) is 11.4 Å². The van der Waals surface area contributed by atoms with Gasteiger partial charge in [0.15, 0.2) is 5.78 Å². The van der Waals surface area contributed by atoms with Gasteiger partial charge in [0.2, 0.25) is 0 Å². The maximum atomic E-state index is 12.7. The number of hydrogen-bond donors (Lipinski definition) is 0. The molecule has 0 radical (unpaired) electrons. The van der Waals surface area contributed by atoms with Crippen LogP contribution >= 0.6 is 23.4 Å². The number of benzene rings is 1. The van der Waals surface area contributed by atoms with Crippen molar-refractivity contribution >= 4 is 29.1 Å². The lowest BCUT2D eigenvalue weighted by molar-refractivity contribution is -0.139. The van der Waals surface area contributed by atoms with Crippen molar-refractivity contribution in [3.8, 4) is 0 Å². The van der Waals surface area contributed by atoms with E-state index in [4.69, 9.17) is 11.6 Å². The predicted molar refractivity (Wildman–Crippen MR) is 62.7 cm³/mol. The zero-order valence-electron chi connectivity index (χ0n) is 8.97. The summed E-state index contributed by atoms with van der Waals surface area (Å²) >= 11 is 6.34. The van der Waals surface area contributed by atoms with Crippen LogP contribution in [0.15, 0.2) is 23.1 Å². The van der Waals surface area contributed by atoms with Crippen LogP contribution in [0.4, 0.5) is 13.2 Å². The Bertz CT molecular complexity index is 418. The third-order valence-corrected chi connectivity index (χ3v) is 3.21. The topological polar surface area (TPSA) is 17.1 Å². The Hall–Kier alpha value is -0.680. The van der Waals surface area contributed by atoms with Gasteiger partial charge in [-0.3, -0.25) is 4.79 Å². The second-order valence-corrected chi connectivity index (χ2v) is 4.50. The van der Waals surface area contributed by atoms with Gasteiger partial charge in [-0.15, -0.1) is 23.4 Å². The van der Waals surface area contributed by atoms with Crippen LogP contribution in [0.1, 0.15) is 11.1 Å². The standard InChI is InChI=1S/C11H10ClF3OS/c1-17-10-3-2-7(4-8(16)6-12)5-9(10)11(13,14)15/h2-3,5H,4,6H2,1H3. The third-order valence-electron chi connectivity index (χ3n) is 2.12. The number of rotatable bonds is 4. The zero-order valence-corrected chi connectivity index (χ0v) is 10.5. The molecule has 0 aliphatic carbocycles. The van der Waals surface area contributed by atoms with Gasteiger partial charge in [0.25, 0.3) is 0 Å². The minimum Gasteiger partial charge on any atom is -0.298 e. The third kappa shape index (κ3) is 3.92. The van der Waals surface area contributed by atoms with Crippen LogP contribution in [-0.4, -0.2) is 17.9 Å². The van der Waals surface area contributed by atoms with Gasteiger partial charge in [-0.2, -0.15) is 13.2 Å². The van der Waals surface area contributed by atoms with Crippen molar-refractivity contribution in [2.45, 2.75) is 17.5 Å². The Labute approximate surface area is 106 Å². The Morgan fingerprint density at radius 1 is 1.41 bits per heavy atom. The van der Waals surface area contributed by atoms with Gasteiger partial charge < -0.3 is 0 Å². The predicted octanol–water partition coefficient (Wildman–Crippen LogP) is 3.78. The molecule has 1 rings (SSSR count). The molecule has 0 N–H and O–H groups in total. The maximum absolute atomic E-state index is 12.7. The summed E-state index contributed by atoms with van der Waals surface area (Å²) < 4.78 is 38.1. The van der Waals surface area contributed by atoms with Crippen LogP contribution in [0.2, 0.25) is 0 Å². The Kier molecular flexibility index (Phi) is 4.89.